The summed E-state index contributed by atoms with van der Waals surface area (Å²) in [5.41, 5.74) is 1.81. The van der Waals surface area contributed by atoms with Crippen molar-refractivity contribution in [3.05, 3.63) is 35.4 Å². The van der Waals surface area contributed by atoms with Gasteiger partial charge in [0.1, 0.15) is 6.10 Å². The van der Waals surface area contributed by atoms with Gasteiger partial charge in [-0.2, -0.15) is 0 Å². The smallest absolute Gasteiger partial charge is 0.410 e. The van der Waals surface area contributed by atoms with Crippen molar-refractivity contribution < 1.29 is 17.9 Å². The van der Waals surface area contributed by atoms with Crippen LogP contribution in [0.5, 0.6) is 0 Å². The Hall–Kier alpha value is -1.60. The molecule has 0 spiro atoms. The summed E-state index contributed by atoms with van der Waals surface area (Å²) in [6.07, 6.45) is -0.854. The molecule has 1 saturated heterocycles. The molecule has 1 aliphatic rings. The standard InChI is InChI=1S/C13H18N2O4S/c1-10-3-5-11(6-4-10)9-20(17,18)14-7-12-8-15(2)13(16)19-12/h3-6,12,14H,7-9H2,1-2H3. The number of aryl methyl sites for hydroxylation is 1. The summed E-state index contributed by atoms with van der Waals surface area (Å²) >= 11 is 0. The molecule has 0 bridgehead atoms. The van der Waals surface area contributed by atoms with Crippen LogP contribution in [0.15, 0.2) is 24.3 Å². The van der Waals surface area contributed by atoms with E-state index in [4.69, 9.17) is 4.74 Å². The summed E-state index contributed by atoms with van der Waals surface area (Å²) in [6, 6.07) is 7.33. The molecule has 1 heterocycles. The van der Waals surface area contributed by atoms with E-state index in [9.17, 15) is 13.2 Å². The minimum absolute atomic E-state index is 0.0796. The van der Waals surface area contributed by atoms with E-state index in [0.717, 1.165) is 11.1 Å². The maximum atomic E-state index is 11.9. The Morgan fingerprint density at radius 3 is 2.55 bits per heavy atom. The number of carbonyl (C=O) groups is 1. The Kier molecular flexibility index (Phi) is 4.29. The summed E-state index contributed by atoms with van der Waals surface area (Å²) in [7, 11) is -1.82. The molecule has 1 aliphatic heterocycles. The van der Waals surface area contributed by atoms with Crippen LogP contribution in [0.2, 0.25) is 0 Å². The number of cyclic esters (lactones) is 1. The van der Waals surface area contributed by atoms with Crippen molar-refractivity contribution >= 4 is 16.1 Å². The van der Waals surface area contributed by atoms with E-state index in [1.54, 1.807) is 19.2 Å². The van der Waals surface area contributed by atoms with Crippen LogP contribution < -0.4 is 4.72 Å². The third kappa shape index (κ3) is 3.94. The minimum atomic E-state index is -3.43. The van der Waals surface area contributed by atoms with E-state index in [2.05, 4.69) is 4.72 Å². The van der Waals surface area contributed by atoms with E-state index in [0.29, 0.717) is 6.54 Å². The summed E-state index contributed by atoms with van der Waals surface area (Å²) in [6.45, 7) is 2.44. The van der Waals surface area contributed by atoms with Gasteiger partial charge in [-0.1, -0.05) is 29.8 Å². The Morgan fingerprint density at radius 1 is 1.35 bits per heavy atom. The third-order valence-electron chi connectivity index (χ3n) is 3.06. The molecular weight excluding hydrogens is 280 g/mol. The summed E-state index contributed by atoms with van der Waals surface area (Å²) in [5.74, 6) is -0.0796. The number of likely N-dealkylation sites (N-methyl/N-ethyl adjacent to an activating group) is 1. The molecule has 1 aromatic rings. The first-order valence-corrected chi connectivity index (χ1v) is 7.95. The van der Waals surface area contributed by atoms with Crippen molar-refractivity contribution in [1.82, 2.24) is 9.62 Å². The Bertz CT molecular complexity index is 583. The molecule has 6 nitrogen and oxygen atoms in total. The first kappa shape index (κ1) is 14.8. The largest absolute Gasteiger partial charge is 0.443 e. The van der Waals surface area contributed by atoms with Crippen molar-refractivity contribution in [2.75, 3.05) is 20.1 Å². The molecule has 1 aromatic carbocycles. The van der Waals surface area contributed by atoms with Gasteiger partial charge in [0.05, 0.1) is 12.3 Å². The van der Waals surface area contributed by atoms with Gasteiger partial charge in [0.2, 0.25) is 10.0 Å². The lowest BCUT2D eigenvalue weighted by atomic mass is 10.2. The van der Waals surface area contributed by atoms with Gasteiger partial charge >= 0.3 is 6.09 Å². The van der Waals surface area contributed by atoms with Gasteiger partial charge in [0.25, 0.3) is 0 Å². The van der Waals surface area contributed by atoms with Crippen LogP contribution in [0, 0.1) is 6.92 Å². The Morgan fingerprint density at radius 2 is 2.00 bits per heavy atom. The van der Waals surface area contributed by atoms with Crippen LogP contribution in [-0.4, -0.2) is 45.7 Å². The van der Waals surface area contributed by atoms with Gasteiger partial charge in [-0.25, -0.2) is 17.9 Å². The molecule has 1 amide bonds. The highest BCUT2D eigenvalue weighted by Crippen LogP contribution is 2.10. The van der Waals surface area contributed by atoms with Crippen molar-refractivity contribution in [2.45, 2.75) is 18.8 Å². The third-order valence-corrected chi connectivity index (χ3v) is 4.38. The molecule has 110 valence electrons. The van der Waals surface area contributed by atoms with Crippen molar-refractivity contribution in [2.24, 2.45) is 0 Å². The lowest BCUT2D eigenvalue weighted by Gasteiger charge is -2.10. The van der Waals surface area contributed by atoms with Gasteiger partial charge in [-0.15, -0.1) is 0 Å². The number of hydrogen-bond donors (Lipinski definition) is 1. The van der Waals surface area contributed by atoms with Crippen LogP contribution in [0.3, 0.4) is 0 Å². The number of amides is 1. The van der Waals surface area contributed by atoms with E-state index >= 15 is 0 Å². The number of nitrogens with one attached hydrogen (secondary N) is 1. The van der Waals surface area contributed by atoms with Crippen LogP contribution in [-0.2, 0) is 20.5 Å². The van der Waals surface area contributed by atoms with Crippen molar-refractivity contribution in [1.29, 1.82) is 0 Å². The Labute approximate surface area is 118 Å². The van der Waals surface area contributed by atoms with Crippen LogP contribution >= 0.6 is 0 Å². The van der Waals surface area contributed by atoms with E-state index in [-0.39, 0.29) is 12.3 Å². The summed E-state index contributed by atoms with van der Waals surface area (Å²) < 4.78 is 31.3. The van der Waals surface area contributed by atoms with Gasteiger partial charge in [-0.3, -0.25) is 0 Å². The zero-order valence-corrected chi connectivity index (χ0v) is 12.3. The fourth-order valence-corrected chi connectivity index (χ4v) is 3.10. The van der Waals surface area contributed by atoms with Gasteiger partial charge in [-0.05, 0) is 12.5 Å². The summed E-state index contributed by atoms with van der Waals surface area (Å²) in [5, 5.41) is 0. The second-order valence-electron chi connectivity index (χ2n) is 4.98. The Balaban J connectivity index is 1.88. The quantitative estimate of drug-likeness (QED) is 0.875. The topological polar surface area (TPSA) is 75.7 Å². The van der Waals surface area contributed by atoms with Crippen LogP contribution in [0.25, 0.3) is 0 Å². The molecular formula is C13H18N2O4S. The second-order valence-corrected chi connectivity index (χ2v) is 6.79. The number of sulfonamides is 1. The highest BCUT2D eigenvalue weighted by atomic mass is 32.2. The fourth-order valence-electron chi connectivity index (χ4n) is 1.93. The number of hydrogen-bond acceptors (Lipinski definition) is 4. The average molecular weight is 298 g/mol. The highest BCUT2D eigenvalue weighted by molar-refractivity contribution is 7.88. The number of rotatable bonds is 5. The highest BCUT2D eigenvalue weighted by Gasteiger charge is 2.29. The molecule has 0 radical (unpaired) electrons. The monoisotopic (exact) mass is 298 g/mol. The normalized spacial score (nSPS) is 19.2. The van der Waals surface area contributed by atoms with Gasteiger partial charge in [0.15, 0.2) is 0 Å². The van der Waals surface area contributed by atoms with E-state index < -0.39 is 22.2 Å². The lowest BCUT2D eigenvalue weighted by molar-refractivity contribution is 0.135. The van der Waals surface area contributed by atoms with Crippen LogP contribution in [0.1, 0.15) is 11.1 Å². The first-order valence-electron chi connectivity index (χ1n) is 6.30. The minimum Gasteiger partial charge on any atom is -0.443 e. The maximum Gasteiger partial charge on any atom is 0.410 e. The van der Waals surface area contributed by atoms with Gasteiger partial charge < -0.3 is 9.64 Å². The van der Waals surface area contributed by atoms with Gasteiger partial charge in [0, 0.05) is 13.6 Å². The molecule has 0 aliphatic carbocycles. The predicted molar refractivity (Wildman–Crippen MR) is 74.7 cm³/mol. The lowest BCUT2D eigenvalue weighted by Crippen LogP contribution is -2.34. The van der Waals surface area contributed by atoms with Crippen LogP contribution in [0.4, 0.5) is 4.79 Å². The molecule has 1 N–H and O–H groups in total. The maximum absolute atomic E-state index is 11.9. The summed E-state index contributed by atoms with van der Waals surface area (Å²) in [4.78, 5) is 12.6. The number of ether oxygens (including phenoxy) is 1. The zero-order valence-electron chi connectivity index (χ0n) is 11.5. The molecule has 0 saturated carbocycles. The molecule has 0 aromatic heterocycles. The molecule has 7 heteroatoms. The number of carbonyl (C=O) groups excluding carboxylic acids is 1. The predicted octanol–water partition coefficient (Wildman–Crippen LogP) is 0.865. The number of benzene rings is 1. The first-order chi connectivity index (χ1) is 9.35. The molecule has 1 fully saturated rings. The van der Waals surface area contributed by atoms with Crippen molar-refractivity contribution in [3.63, 3.8) is 0 Å². The average Bonchev–Trinajstić information content (AvgIpc) is 2.69. The molecule has 1 atom stereocenters. The van der Waals surface area contributed by atoms with E-state index in [1.807, 2.05) is 19.1 Å². The SMILES string of the molecule is Cc1ccc(CS(=O)(=O)NCC2CN(C)C(=O)O2)cc1. The number of nitrogens with zero attached hydrogens (tertiary/aromatic N) is 1. The molecule has 1 unspecified atom stereocenters. The molecule has 20 heavy (non-hydrogen) atoms. The van der Waals surface area contributed by atoms with Crippen molar-refractivity contribution in [3.8, 4) is 0 Å². The van der Waals surface area contributed by atoms with E-state index in [1.165, 1.54) is 4.90 Å². The molecule has 2 rings (SSSR count). The fraction of sp³-hybridized carbons (Fsp3) is 0.462. The zero-order chi connectivity index (χ0) is 14.8. The second kappa shape index (κ2) is 5.80.